The average molecular weight is 814 g/mol. The molecule has 0 aliphatic rings. The number of rotatable bonds is 3. The summed E-state index contributed by atoms with van der Waals surface area (Å²) in [6, 6.07) is 4.82. The topological polar surface area (TPSA) is 0 Å². The van der Waals surface area contributed by atoms with Crippen molar-refractivity contribution >= 4 is 81.3 Å². The maximum absolute atomic E-state index is 16.7. The molecule has 0 saturated carbocycles. The van der Waals surface area contributed by atoms with E-state index in [4.69, 9.17) is 0 Å². The molecule has 0 saturated heterocycles. The molecule has 0 fully saturated rings. The quantitative estimate of drug-likeness (QED) is 0.0548. The second-order valence-electron chi connectivity index (χ2n) is 12.4. The highest BCUT2D eigenvalue weighted by molar-refractivity contribution is 6.99. The summed E-state index contributed by atoms with van der Waals surface area (Å²) in [5.41, 5.74) is 0. The maximum Gasteiger partial charge on any atom is 0.396 e. The van der Waals surface area contributed by atoms with Crippen molar-refractivity contribution in [2.45, 2.75) is 0 Å². The van der Waals surface area contributed by atoms with Gasteiger partial charge in [-0.3, -0.25) is 0 Å². The van der Waals surface area contributed by atoms with Crippen LogP contribution in [-0.4, -0.2) is 14.1 Å². The van der Waals surface area contributed by atoms with Crippen molar-refractivity contribution in [3.8, 4) is 0 Å². The van der Waals surface area contributed by atoms with Crippen molar-refractivity contribution < 1.29 is 74.6 Å². The molecule has 18 heteroatoms. The van der Waals surface area contributed by atoms with Gasteiger partial charge in [-0.05, 0) is 40.4 Å². The van der Waals surface area contributed by atoms with E-state index < -0.39 is 180 Å². The SMILES string of the molecule is Fc1ccc2[c]([Al]([c]3c(F)c(F)c(F)c4c(F)c5c(F)cccc5cc34)[c]3c(F)c(F)c(F)c4c(F)c5c(F)c(F)c(F)c(F)c5c(F)c34)ccc(F)c2c1F. The fraction of sp³-hybridized carbons (Fsp3) is 0. The van der Waals surface area contributed by atoms with Gasteiger partial charge >= 0.3 is 14.1 Å². The lowest BCUT2D eigenvalue weighted by molar-refractivity contribution is 0.414. The first kappa shape index (κ1) is 37.3. The molecule has 8 aromatic carbocycles. The third kappa shape index (κ3) is 4.81. The summed E-state index contributed by atoms with van der Waals surface area (Å²) in [6.45, 7) is 0. The van der Waals surface area contributed by atoms with Crippen molar-refractivity contribution in [3.63, 3.8) is 0 Å². The average Bonchev–Trinajstić information content (AvgIpc) is 3.16. The molecule has 282 valence electrons. The fourth-order valence-corrected chi connectivity index (χ4v) is 10.9. The van der Waals surface area contributed by atoms with Gasteiger partial charge in [0.25, 0.3) is 0 Å². The largest absolute Gasteiger partial charge is 0.396 e. The first-order chi connectivity index (χ1) is 26.4. The molecule has 0 heterocycles. The molecule has 8 aromatic rings. The molecule has 0 aliphatic carbocycles. The lowest BCUT2D eigenvalue weighted by atomic mass is 9.99. The smallest absolute Gasteiger partial charge is 0.206 e. The Morgan fingerprint density at radius 2 is 0.750 bits per heavy atom. The molecule has 0 spiro atoms. The van der Waals surface area contributed by atoms with E-state index in [2.05, 4.69) is 0 Å². The Balaban J connectivity index is 1.71. The third-order valence-corrected chi connectivity index (χ3v) is 13.0. The Morgan fingerprint density at radius 3 is 1.36 bits per heavy atom. The zero-order valence-electron chi connectivity index (χ0n) is 26.6. The van der Waals surface area contributed by atoms with Crippen LogP contribution in [0.4, 0.5) is 74.6 Å². The van der Waals surface area contributed by atoms with Gasteiger partial charge in [0.2, 0.25) is 0 Å². The predicted molar refractivity (Wildman–Crippen MR) is 171 cm³/mol. The molecule has 0 unspecified atom stereocenters. The summed E-state index contributed by atoms with van der Waals surface area (Å²) in [7, 11) is 0. The van der Waals surface area contributed by atoms with Gasteiger partial charge in [0.05, 0.1) is 32.3 Å². The highest BCUT2D eigenvalue weighted by Gasteiger charge is 2.43. The number of hydrogen-bond donors (Lipinski definition) is 0. The molecular weight excluding hydrogens is 806 g/mol. The summed E-state index contributed by atoms with van der Waals surface area (Å²) >= 11 is -5.36. The van der Waals surface area contributed by atoms with Crippen molar-refractivity contribution in [3.05, 3.63) is 147 Å². The summed E-state index contributed by atoms with van der Waals surface area (Å²) in [5, 5.41) is -15.2. The van der Waals surface area contributed by atoms with E-state index in [1.54, 1.807) is 0 Å². The third-order valence-electron chi connectivity index (χ3n) is 9.63. The molecule has 0 atom stereocenters. The van der Waals surface area contributed by atoms with E-state index in [9.17, 15) is 22.0 Å². The fourth-order valence-electron chi connectivity index (χ4n) is 7.26. The van der Waals surface area contributed by atoms with Gasteiger partial charge in [-0.1, -0.05) is 37.5 Å². The molecule has 0 aromatic heterocycles. The van der Waals surface area contributed by atoms with Gasteiger partial charge in [-0.2, -0.15) is 0 Å². The van der Waals surface area contributed by atoms with Gasteiger partial charge < -0.3 is 0 Å². The minimum atomic E-state index is -5.36. The lowest BCUT2D eigenvalue weighted by Gasteiger charge is -2.24. The molecule has 0 radical (unpaired) electrons. The van der Waals surface area contributed by atoms with Crippen LogP contribution in [0.25, 0.3) is 53.9 Å². The summed E-state index contributed by atoms with van der Waals surface area (Å²) < 4.78 is 259. The number of fused-ring (bicyclic) bond motifs is 5. The second-order valence-corrected chi connectivity index (χ2v) is 15.0. The van der Waals surface area contributed by atoms with Gasteiger partial charge in [0.1, 0.15) is 29.1 Å². The summed E-state index contributed by atoms with van der Waals surface area (Å²) in [5.74, 6) is -40.4. The van der Waals surface area contributed by atoms with Gasteiger partial charge in [-0.25, -0.2) is 74.6 Å². The van der Waals surface area contributed by atoms with Crippen molar-refractivity contribution in [1.82, 2.24) is 0 Å². The minimum Gasteiger partial charge on any atom is -0.206 e. The zero-order chi connectivity index (χ0) is 40.6. The number of halogens is 17. The van der Waals surface area contributed by atoms with Crippen LogP contribution in [0.5, 0.6) is 0 Å². The minimum absolute atomic E-state index is 0.297. The summed E-state index contributed by atoms with van der Waals surface area (Å²) in [4.78, 5) is 0. The monoisotopic (exact) mass is 814 g/mol. The second kappa shape index (κ2) is 12.7. The van der Waals surface area contributed by atoms with Crippen molar-refractivity contribution in [2.24, 2.45) is 0 Å². The van der Waals surface area contributed by atoms with E-state index in [1.165, 1.54) is 0 Å². The maximum atomic E-state index is 16.7. The number of benzene rings is 8. The first-order valence-electron chi connectivity index (χ1n) is 15.5. The Bertz CT molecular complexity index is 3120. The van der Waals surface area contributed by atoms with Crippen LogP contribution < -0.4 is 13.3 Å². The van der Waals surface area contributed by atoms with Gasteiger partial charge in [-0.15, -0.1) is 0 Å². The molecule has 0 aliphatic heterocycles. The van der Waals surface area contributed by atoms with Crippen LogP contribution in [0.1, 0.15) is 0 Å². The van der Waals surface area contributed by atoms with Crippen molar-refractivity contribution in [1.29, 1.82) is 0 Å². The molecule has 0 amide bonds. The van der Waals surface area contributed by atoms with E-state index >= 15 is 52.7 Å². The number of hydrogen-bond acceptors (Lipinski definition) is 0. The Hall–Kier alpha value is -5.60. The summed E-state index contributed by atoms with van der Waals surface area (Å²) in [6.07, 6.45) is 0. The van der Waals surface area contributed by atoms with Gasteiger partial charge in [0, 0.05) is 5.39 Å². The van der Waals surface area contributed by atoms with E-state index in [0.717, 1.165) is 12.1 Å². The van der Waals surface area contributed by atoms with Gasteiger partial charge in [0.15, 0.2) is 69.8 Å². The highest BCUT2D eigenvalue weighted by atomic mass is 27.2. The molecule has 8 rings (SSSR count). The van der Waals surface area contributed by atoms with E-state index in [-0.39, 0.29) is 0 Å². The Kier molecular flexibility index (Phi) is 8.48. The molecule has 0 bridgehead atoms. The van der Waals surface area contributed by atoms with Crippen LogP contribution in [0.3, 0.4) is 0 Å². The van der Waals surface area contributed by atoms with Crippen LogP contribution in [-0.2, 0) is 0 Å². The molecular formula is C38H8AlF17. The predicted octanol–water partition coefficient (Wildman–Crippen LogP) is 10.3. The van der Waals surface area contributed by atoms with E-state index in [0.29, 0.717) is 36.4 Å². The van der Waals surface area contributed by atoms with Crippen LogP contribution in [0.15, 0.2) is 48.5 Å². The Labute approximate surface area is 303 Å². The molecule has 0 N–H and O–H groups in total. The Morgan fingerprint density at radius 1 is 0.286 bits per heavy atom. The molecule has 56 heavy (non-hydrogen) atoms. The normalized spacial score (nSPS) is 12.0. The van der Waals surface area contributed by atoms with Crippen LogP contribution in [0.2, 0.25) is 0 Å². The van der Waals surface area contributed by atoms with Crippen LogP contribution in [0, 0.1) is 98.9 Å². The first-order valence-corrected chi connectivity index (χ1v) is 17.2. The molecule has 0 nitrogen and oxygen atoms in total. The van der Waals surface area contributed by atoms with Crippen molar-refractivity contribution in [2.75, 3.05) is 0 Å². The van der Waals surface area contributed by atoms with Crippen LogP contribution >= 0.6 is 0 Å². The zero-order valence-corrected chi connectivity index (χ0v) is 27.8. The highest BCUT2D eigenvalue weighted by Crippen LogP contribution is 2.39. The van der Waals surface area contributed by atoms with E-state index in [1.807, 2.05) is 0 Å². The lowest BCUT2D eigenvalue weighted by Crippen LogP contribution is -2.56. The standard InChI is InChI=1S/C14F9.C14H4F5.C10H4F3.Al/c15-3-1-2-4(10(19)8(3)17)9(18)6-5(7(2)16)11(20)13(22)14(23)12(6)21;15-8-3-1-2-6-4-7-5-9(16)12(17)14(19)11(7)13(18)10(6)8;11-7-3-1-2-6-4-5-8(12)10(13)9(6)7;/h;1-4H;1,3-5H;.